The molecule has 1 aliphatic heterocycles. The molecule has 6 nitrogen and oxygen atoms in total. The number of carbonyl (C=O) groups excluding carboxylic acids is 2. The summed E-state index contributed by atoms with van der Waals surface area (Å²) in [6.45, 7) is 9.02. The Hall–Kier alpha value is -3.02. The number of hydrogen-bond acceptors (Lipinski definition) is 5. The number of fused-ring (bicyclic) bond motifs is 1. The van der Waals surface area contributed by atoms with Crippen molar-refractivity contribution in [3.8, 4) is 11.5 Å². The zero-order chi connectivity index (χ0) is 21.7. The second-order valence-corrected chi connectivity index (χ2v) is 7.98. The zero-order valence-electron chi connectivity index (χ0n) is 18.0. The van der Waals surface area contributed by atoms with Crippen LogP contribution in [0, 0.1) is 0 Å². The maximum Gasteiger partial charge on any atom is 0.310 e. The highest BCUT2D eigenvalue weighted by Gasteiger charge is 2.18. The van der Waals surface area contributed by atoms with Gasteiger partial charge in [-0.2, -0.15) is 0 Å². The molecule has 0 saturated carbocycles. The van der Waals surface area contributed by atoms with Crippen molar-refractivity contribution >= 4 is 17.6 Å². The van der Waals surface area contributed by atoms with Crippen molar-refractivity contribution in [1.29, 1.82) is 0 Å². The van der Waals surface area contributed by atoms with E-state index in [-0.39, 0.29) is 30.8 Å². The number of benzene rings is 2. The maximum atomic E-state index is 12.5. The molecule has 1 N–H and O–H groups in total. The molecular weight excluding hydrogens is 382 g/mol. The Bertz CT molecular complexity index is 894. The summed E-state index contributed by atoms with van der Waals surface area (Å²) < 4.78 is 16.2. The predicted octanol–water partition coefficient (Wildman–Crippen LogP) is 4.43. The third-order valence-corrected chi connectivity index (χ3v) is 4.96. The Labute approximate surface area is 177 Å². The fourth-order valence-electron chi connectivity index (χ4n) is 3.43. The molecule has 1 heterocycles. The van der Waals surface area contributed by atoms with Crippen LogP contribution in [0.4, 0.5) is 5.69 Å². The summed E-state index contributed by atoms with van der Waals surface area (Å²) in [5, 5.41) is 2.95. The van der Waals surface area contributed by atoms with Gasteiger partial charge in [0.15, 0.2) is 18.1 Å². The molecule has 1 amide bonds. The second kappa shape index (κ2) is 9.65. The number of esters is 1. The van der Waals surface area contributed by atoms with Crippen molar-refractivity contribution < 1.29 is 23.8 Å². The quantitative estimate of drug-likeness (QED) is 0.683. The van der Waals surface area contributed by atoms with Crippen LogP contribution in [0.3, 0.4) is 0 Å². The number of hydrogen-bond donors (Lipinski definition) is 1. The van der Waals surface area contributed by atoms with Gasteiger partial charge in [0, 0.05) is 5.69 Å². The molecule has 0 spiro atoms. The lowest BCUT2D eigenvalue weighted by Crippen LogP contribution is -2.23. The molecule has 30 heavy (non-hydrogen) atoms. The third kappa shape index (κ3) is 5.32. The van der Waals surface area contributed by atoms with E-state index in [1.165, 1.54) is 0 Å². The zero-order valence-corrected chi connectivity index (χ0v) is 18.0. The molecule has 160 valence electrons. The van der Waals surface area contributed by atoms with Crippen molar-refractivity contribution in [2.45, 2.75) is 46.0 Å². The fraction of sp³-hybridized carbons (Fsp3) is 0.417. The van der Waals surface area contributed by atoms with Crippen LogP contribution in [-0.4, -0.2) is 31.7 Å². The minimum atomic E-state index is -0.469. The average molecular weight is 411 g/mol. The minimum absolute atomic E-state index is 0.0593. The Morgan fingerprint density at radius 3 is 2.23 bits per heavy atom. The summed E-state index contributed by atoms with van der Waals surface area (Å²) in [5.41, 5.74) is 3.70. The molecule has 0 bridgehead atoms. The van der Waals surface area contributed by atoms with Gasteiger partial charge in [-0.1, -0.05) is 52.0 Å². The van der Waals surface area contributed by atoms with Crippen LogP contribution < -0.4 is 14.8 Å². The smallest absolute Gasteiger partial charge is 0.310 e. The van der Waals surface area contributed by atoms with Gasteiger partial charge in [0.05, 0.1) is 6.42 Å². The van der Waals surface area contributed by atoms with E-state index in [1.54, 1.807) is 18.2 Å². The Kier molecular flexibility index (Phi) is 6.98. The van der Waals surface area contributed by atoms with E-state index < -0.39 is 5.97 Å². The number of rotatable bonds is 7. The predicted molar refractivity (Wildman–Crippen MR) is 115 cm³/mol. The van der Waals surface area contributed by atoms with E-state index in [4.69, 9.17) is 14.2 Å². The number of para-hydroxylation sites is 1. The Morgan fingerprint density at radius 2 is 1.60 bits per heavy atom. The van der Waals surface area contributed by atoms with Gasteiger partial charge in [0.1, 0.15) is 13.2 Å². The lowest BCUT2D eigenvalue weighted by atomic mass is 9.92. The number of anilines is 1. The highest BCUT2D eigenvalue weighted by atomic mass is 16.6. The fourth-order valence-corrected chi connectivity index (χ4v) is 3.43. The largest absolute Gasteiger partial charge is 0.486 e. The standard InChI is InChI=1S/C24H29NO5/c1-15(2)18-6-5-7-19(16(3)4)24(18)25-22(26)14-30-23(27)13-17-8-9-20-21(12-17)29-11-10-28-20/h5-9,12,15-16H,10-11,13-14H2,1-4H3,(H,25,26). The molecule has 1 aliphatic rings. The van der Waals surface area contributed by atoms with Gasteiger partial charge < -0.3 is 19.5 Å². The van der Waals surface area contributed by atoms with Gasteiger partial charge in [-0.25, -0.2) is 0 Å². The normalized spacial score (nSPS) is 12.7. The van der Waals surface area contributed by atoms with E-state index in [0.29, 0.717) is 24.7 Å². The minimum Gasteiger partial charge on any atom is -0.486 e. The van der Waals surface area contributed by atoms with Crippen LogP contribution in [0.5, 0.6) is 11.5 Å². The molecule has 0 radical (unpaired) electrons. The summed E-state index contributed by atoms with van der Waals surface area (Å²) in [6.07, 6.45) is 0.0593. The number of carbonyl (C=O) groups is 2. The van der Waals surface area contributed by atoms with Crippen molar-refractivity contribution in [2.24, 2.45) is 0 Å². The molecule has 0 atom stereocenters. The summed E-state index contributed by atoms with van der Waals surface area (Å²) in [6, 6.07) is 11.4. The van der Waals surface area contributed by atoms with E-state index in [2.05, 4.69) is 33.0 Å². The highest BCUT2D eigenvalue weighted by molar-refractivity contribution is 5.94. The summed E-state index contributed by atoms with van der Waals surface area (Å²) in [4.78, 5) is 24.7. The number of amides is 1. The van der Waals surface area contributed by atoms with Crippen LogP contribution in [-0.2, 0) is 20.7 Å². The lowest BCUT2D eigenvalue weighted by Gasteiger charge is -2.20. The molecule has 0 fully saturated rings. The molecule has 6 heteroatoms. The monoisotopic (exact) mass is 411 g/mol. The molecule has 0 aromatic heterocycles. The Morgan fingerprint density at radius 1 is 0.967 bits per heavy atom. The number of ether oxygens (including phenoxy) is 3. The van der Waals surface area contributed by atoms with Gasteiger partial charge in [0.25, 0.3) is 5.91 Å². The molecule has 0 unspecified atom stereocenters. The molecule has 3 rings (SSSR count). The number of nitrogens with one attached hydrogen (secondary N) is 1. The van der Waals surface area contributed by atoms with E-state index in [9.17, 15) is 9.59 Å². The molecule has 2 aromatic rings. The van der Waals surface area contributed by atoms with E-state index in [0.717, 1.165) is 22.4 Å². The lowest BCUT2D eigenvalue weighted by molar-refractivity contribution is -0.146. The van der Waals surface area contributed by atoms with Crippen LogP contribution in [0.15, 0.2) is 36.4 Å². The maximum absolute atomic E-state index is 12.5. The first-order valence-corrected chi connectivity index (χ1v) is 10.3. The van der Waals surface area contributed by atoms with Crippen molar-refractivity contribution in [3.63, 3.8) is 0 Å². The van der Waals surface area contributed by atoms with Gasteiger partial charge in [-0.15, -0.1) is 0 Å². The van der Waals surface area contributed by atoms with Crippen LogP contribution in [0.25, 0.3) is 0 Å². The van der Waals surface area contributed by atoms with E-state index >= 15 is 0 Å². The topological polar surface area (TPSA) is 73.9 Å². The molecular formula is C24H29NO5. The van der Waals surface area contributed by atoms with E-state index in [1.807, 2.05) is 18.2 Å². The van der Waals surface area contributed by atoms with Gasteiger partial charge in [-0.05, 0) is 40.7 Å². The van der Waals surface area contributed by atoms with Crippen LogP contribution >= 0.6 is 0 Å². The molecule has 0 saturated heterocycles. The first-order valence-electron chi connectivity index (χ1n) is 10.3. The van der Waals surface area contributed by atoms with Gasteiger partial charge >= 0.3 is 5.97 Å². The first-order chi connectivity index (χ1) is 14.3. The third-order valence-electron chi connectivity index (χ3n) is 4.96. The van der Waals surface area contributed by atoms with Crippen LogP contribution in [0.2, 0.25) is 0 Å². The summed E-state index contributed by atoms with van der Waals surface area (Å²) >= 11 is 0. The second-order valence-electron chi connectivity index (χ2n) is 7.98. The molecule has 2 aromatic carbocycles. The molecule has 0 aliphatic carbocycles. The average Bonchev–Trinajstić information content (AvgIpc) is 2.72. The van der Waals surface area contributed by atoms with Gasteiger partial charge in [-0.3, -0.25) is 9.59 Å². The van der Waals surface area contributed by atoms with Crippen molar-refractivity contribution in [3.05, 3.63) is 53.1 Å². The SMILES string of the molecule is CC(C)c1cccc(C(C)C)c1NC(=O)COC(=O)Cc1ccc2c(c1)OCCO2. The van der Waals surface area contributed by atoms with Crippen molar-refractivity contribution in [2.75, 3.05) is 25.1 Å². The van der Waals surface area contributed by atoms with Crippen molar-refractivity contribution in [1.82, 2.24) is 0 Å². The van der Waals surface area contributed by atoms with Crippen LogP contribution in [0.1, 0.15) is 56.2 Å². The first kappa shape index (κ1) is 21.7. The summed E-state index contributed by atoms with van der Waals surface area (Å²) in [7, 11) is 0. The Balaban J connectivity index is 1.59. The highest BCUT2D eigenvalue weighted by Crippen LogP contribution is 2.32. The summed E-state index contributed by atoms with van der Waals surface area (Å²) in [5.74, 6) is 0.996. The van der Waals surface area contributed by atoms with Gasteiger partial charge in [0.2, 0.25) is 0 Å².